The molecule has 1 atom stereocenters. The number of nitrogens with one attached hydrogen (secondary N) is 1. The van der Waals surface area contributed by atoms with Gasteiger partial charge in [-0.1, -0.05) is 37.6 Å². The molecular formula is C15H23NO3. The highest BCUT2D eigenvalue weighted by molar-refractivity contribution is 5.92. The van der Waals surface area contributed by atoms with Crippen molar-refractivity contribution in [3.8, 4) is 0 Å². The molecule has 1 aliphatic carbocycles. The van der Waals surface area contributed by atoms with Gasteiger partial charge in [-0.05, 0) is 25.8 Å². The van der Waals surface area contributed by atoms with E-state index in [1.165, 1.54) is 12.7 Å². The summed E-state index contributed by atoms with van der Waals surface area (Å²) in [5, 5.41) is 0. The lowest BCUT2D eigenvalue weighted by Gasteiger charge is -2.28. The Hall–Kier alpha value is -1.39. The van der Waals surface area contributed by atoms with Crippen LogP contribution in [0.3, 0.4) is 0 Å². The topological polar surface area (TPSA) is 47.6 Å². The van der Waals surface area contributed by atoms with Gasteiger partial charge in [0.1, 0.15) is 0 Å². The zero-order chi connectivity index (χ0) is 14.3. The van der Waals surface area contributed by atoms with Gasteiger partial charge in [-0.15, -0.1) is 0 Å². The first-order chi connectivity index (χ1) is 9.04. The van der Waals surface area contributed by atoms with Crippen molar-refractivity contribution in [2.45, 2.75) is 45.8 Å². The number of allylic oxidation sites excluding steroid dienone is 4. The van der Waals surface area contributed by atoms with E-state index in [1.54, 1.807) is 6.92 Å². The van der Waals surface area contributed by atoms with Gasteiger partial charge in [0.25, 0.3) is 0 Å². The Balaban J connectivity index is 2.78. The first kappa shape index (κ1) is 15.7. The molecule has 1 rings (SSSR count). The standard InChI is InChI=1S/C15H23NO3/c1-5-12-8-7-9-13(11-10-12)14(17)19-15(3,6-2)16-18-4/h7,9-11,16H,5-6,8H2,1-4H3. The molecule has 0 aromatic carbocycles. The Morgan fingerprint density at radius 2 is 2.16 bits per heavy atom. The molecule has 0 fully saturated rings. The average molecular weight is 265 g/mol. The molecule has 0 aliphatic heterocycles. The SMILES string of the molecule is CCC1=CC=C(C(=O)OC(C)(CC)NOC)C=CC1. The minimum atomic E-state index is -0.815. The summed E-state index contributed by atoms with van der Waals surface area (Å²) >= 11 is 0. The molecule has 0 aromatic rings. The van der Waals surface area contributed by atoms with Crippen molar-refractivity contribution in [1.29, 1.82) is 0 Å². The third-order valence-electron chi connectivity index (χ3n) is 3.18. The lowest BCUT2D eigenvalue weighted by atomic mass is 10.1. The van der Waals surface area contributed by atoms with E-state index in [-0.39, 0.29) is 5.97 Å². The molecule has 0 radical (unpaired) electrons. The van der Waals surface area contributed by atoms with E-state index in [9.17, 15) is 4.79 Å². The van der Waals surface area contributed by atoms with Gasteiger partial charge in [-0.25, -0.2) is 4.79 Å². The molecule has 0 saturated carbocycles. The van der Waals surface area contributed by atoms with Crippen LogP contribution in [-0.4, -0.2) is 18.8 Å². The monoisotopic (exact) mass is 265 g/mol. The predicted octanol–water partition coefficient (Wildman–Crippen LogP) is 3.03. The maximum Gasteiger partial charge on any atom is 0.339 e. The van der Waals surface area contributed by atoms with Gasteiger partial charge in [-0.2, -0.15) is 5.48 Å². The average Bonchev–Trinajstić information content (AvgIpc) is 2.64. The lowest BCUT2D eigenvalue weighted by Crippen LogP contribution is -2.45. The fourth-order valence-corrected chi connectivity index (χ4v) is 1.71. The Morgan fingerprint density at radius 1 is 1.42 bits per heavy atom. The fourth-order valence-electron chi connectivity index (χ4n) is 1.71. The number of hydroxylamine groups is 1. The number of rotatable bonds is 6. The second-order valence-corrected chi connectivity index (χ2v) is 4.69. The molecule has 1 N–H and O–H groups in total. The summed E-state index contributed by atoms with van der Waals surface area (Å²) in [6, 6.07) is 0. The van der Waals surface area contributed by atoms with Crippen molar-refractivity contribution in [3.05, 3.63) is 35.5 Å². The van der Waals surface area contributed by atoms with E-state index in [4.69, 9.17) is 9.57 Å². The summed E-state index contributed by atoms with van der Waals surface area (Å²) in [5.74, 6) is -0.348. The molecule has 19 heavy (non-hydrogen) atoms. The van der Waals surface area contributed by atoms with Gasteiger partial charge in [0.15, 0.2) is 5.72 Å². The van der Waals surface area contributed by atoms with E-state index in [2.05, 4.69) is 12.4 Å². The Kier molecular flexibility index (Phi) is 5.99. The molecule has 1 unspecified atom stereocenters. The molecular weight excluding hydrogens is 242 g/mol. The van der Waals surface area contributed by atoms with Crippen LogP contribution in [0.15, 0.2) is 35.5 Å². The molecule has 0 spiro atoms. The van der Waals surface area contributed by atoms with Crippen molar-refractivity contribution >= 4 is 5.97 Å². The third-order valence-corrected chi connectivity index (χ3v) is 3.18. The summed E-state index contributed by atoms with van der Waals surface area (Å²) in [4.78, 5) is 17.0. The highest BCUT2D eigenvalue weighted by Crippen LogP contribution is 2.18. The zero-order valence-corrected chi connectivity index (χ0v) is 12.2. The fraction of sp³-hybridized carbons (Fsp3) is 0.533. The Morgan fingerprint density at radius 3 is 2.74 bits per heavy atom. The van der Waals surface area contributed by atoms with Crippen molar-refractivity contribution in [3.63, 3.8) is 0 Å². The largest absolute Gasteiger partial charge is 0.439 e. The Bertz CT molecular complexity index is 410. The second-order valence-electron chi connectivity index (χ2n) is 4.69. The molecule has 1 aliphatic rings. The van der Waals surface area contributed by atoms with E-state index in [1.807, 2.05) is 31.2 Å². The van der Waals surface area contributed by atoms with Crippen LogP contribution in [0.1, 0.15) is 40.0 Å². The van der Waals surface area contributed by atoms with E-state index in [0.29, 0.717) is 12.0 Å². The predicted molar refractivity (Wildman–Crippen MR) is 75.1 cm³/mol. The summed E-state index contributed by atoms with van der Waals surface area (Å²) in [6.07, 6.45) is 10.1. The van der Waals surface area contributed by atoms with E-state index < -0.39 is 5.72 Å². The Labute approximate surface area is 115 Å². The molecule has 0 amide bonds. The van der Waals surface area contributed by atoms with Gasteiger partial charge in [0.05, 0.1) is 12.7 Å². The molecule has 4 heteroatoms. The number of hydrogen-bond acceptors (Lipinski definition) is 4. The number of hydrogen-bond donors (Lipinski definition) is 1. The van der Waals surface area contributed by atoms with Crippen LogP contribution < -0.4 is 5.48 Å². The molecule has 0 saturated heterocycles. The van der Waals surface area contributed by atoms with Crippen LogP contribution >= 0.6 is 0 Å². The van der Waals surface area contributed by atoms with Crippen LogP contribution in [0.2, 0.25) is 0 Å². The molecule has 106 valence electrons. The summed E-state index contributed by atoms with van der Waals surface area (Å²) < 4.78 is 5.47. The number of carbonyl (C=O) groups excluding carboxylic acids is 1. The van der Waals surface area contributed by atoms with Crippen LogP contribution in [-0.2, 0) is 14.4 Å². The van der Waals surface area contributed by atoms with Crippen molar-refractivity contribution in [1.82, 2.24) is 5.48 Å². The number of carbonyl (C=O) groups is 1. The maximum absolute atomic E-state index is 12.1. The number of ether oxygens (including phenoxy) is 1. The van der Waals surface area contributed by atoms with Gasteiger partial charge < -0.3 is 9.57 Å². The van der Waals surface area contributed by atoms with Crippen LogP contribution in [0, 0.1) is 0 Å². The molecule has 0 aromatic heterocycles. The van der Waals surface area contributed by atoms with Crippen molar-refractivity contribution in [2.75, 3.05) is 7.11 Å². The molecule has 0 bridgehead atoms. The molecule has 0 heterocycles. The van der Waals surface area contributed by atoms with Crippen LogP contribution in [0.4, 0.5) is 0 Å². The van der Waals surface area contributed by atoms with Crippen LogP contribution in [0.25, 0.3) is 0 Å². The molecule has 4 nitrogen and oxygen atoms in total. The van der Waals surface area contributed by atoms with Gasteiger partial charge in [0.2, 0.25) is 0 Å². The van der Waals surface area contributed by atoms with E-state index in [0.717, 1.165) is 12.8 Å². The quantitative estimate of drug-likeness (QED) is 0.455. The van der Waals surface area contributed by atoms with Crippen LogP contribution in [0.5, 0.6) is 0 Å². The smallest absolute Gasteiger partial charge is 0.339 e. The van der Waals surface area contributed by atoms with Gasteiger partial charge in [-0.3, -0.25) is 0 Å². The summed E-state index contributed by atoms with van der Waals surface area (Å²) in [7, 11) is 1.50. The van der Waals surface area contributed by atoms with Gasteiger partial charge in [0, 0.05) is 6.42 Å². The summed E-state index contributed by atoms with van der Waals surface area (Å²) in [6.45, 7) is 5.81. The third kappa shape index (κ3) is 4.65. The highest BCUT2D eigenvalue weighted by atomic mass is 16.7. The minimum absolute atomic E-state index is 0.348. The first-order valence-electron chi connectivity index (χ1n) is 6.64. The zero-order valence-electron chi connectivity index (χ0n) is 12.2. The van der Waals surface area contributed by atoms with Crippen molar-refractivity contribution < 1.29 is 14.4 Å². The number of esters is 1. The van der Waals surface area contributed by atoms with Crippen molar-refractivity contribution in [2.24, 2.45) is 0 Å². The maximum atomic E-state index is 12.1. The lowest BCUT2D eigenvalue weighted by molar-refractivity contribution is -0.174. The normalized spacial score (nSPS) is 18.1. The first-order valence-corrected chi connectivity index (χ1v) is 6.64. The van der Waals surface area contributed by atoms with E-state index >= 15 is 0 Å². The summed E-state index contributed by atoms with van der Waals surface area (Å²) in [5.41, 5.74) is 3.74. The highest BCUT2D eigenvalue weighted by Gasteiger charge is 2.27. The second kappa shape index (κ2) is 7.26. The van der Waals surface area contributed by atoms with Gasteiger partial charge >= 0.3 is 5.97 Å². The minimum Gasteiger partial charge on any atom is -0.439 e.